The van der Waals surface area contributed by atoms with Gasteiger partial charge >= 0.3 is 0 Å². The van der Waals surface area contributed by atoms with Crippen LogP contribution < -0.4 is 10.1 Å². The van der Waals surface area contributed by atoms with Gasteiger partial charge in [-0.2, -0.15) is 0 Å². The number of benzene rings is 2. The molecular formula is C28H35N3O5. The van der Waals surface area contributed by atoms with Gasteiger partial charge in [0.2, 0.25) is 11.8 Å². The second-order valence-electron chi connectivity index (χ2n) is 9.94. The zero-order chi connectivity index (χ0) is 26.5. The zero-order valence-electron chi connectivity index (χ0n) is 21.7. The van der Waals surface area contributed by atoms with Gasteiger partial charge in [0, 0.05) is 25.0 Å². The van der Waals surface area contributed by atoms with Crippen LogP contribution in [0.3, 0.4) is 0 Å². The quantitative estimate of drug-likeness (QED) is 0.508. The Bertz CT molecular complexity index is 1090. The molecule has 0 fully saturated rings. The van der Waals surface area contributed by atoms with Gasteiger partial charge in [0.1, 0.15) is 11.8 Å². The molecule has 0 aromatic heterocycles. The third-order valence-electron chi connectivity index (χ3n) is 6.05. The molecule has 8 heteroatoms. The minimum absolute atomic E-state index is 0.100. The van der Waals surface area contributed by atoms with Crippen LogP contribution in [-0.4, -0.2) is 58.7 Å². The fourth-order valence-electron chi connectivity index (χ4n) is 4.27. The molecule has 2 aromatic carbocycles. The van der Waals surface area contributed by atoms with E-state index < -0.39 is 11.6 Å². The van der Waals surface area contributed by atoms with Crippen molar-refractivity contribution in [2.24, 2.45) is 0 Å². The summed E-state index contributed by atoms with van der Waals surface area (Å²) in [6.45, 7) is 7.96. The van der Waals surface area contributed by atoms with E-state index in [2.05, 4.69) is 5.32 Å². The highest BCUT2D eigenvalue weighted by Gasteiger charge is 2.35. The summed E-state index contributed by atoms with van der Waals surface area (Å²) >= 11 is 0. The second kappa shape index (κ2) is 11.4. The number of carbonyl (C=O) groups excluding carboxylic acids is 4. The van der Waals surface area contributed by atoms with Gasteiger partial charge in [-0.15, -0.1) is 0 Å². The predicted octanol–water partition coefficient (Wildman–Crippen LogP) is 3.79. The van der Waals surface area contributed by atoms with Crippen LogP contribution in [0.25, 0.3) is 0 Å². The Morgan fingerprint density at radius 2 is 1.58 bits per heavy atom. The molecule has 8 nitrogen and oxygen atoms in total. The highest BCUT2D eigenvalue weighted by molar-refractivity contribution is 6.21. The Kier molecular flexibility index (Phi) is 8.50. The van der Waals surface area contributed by atoms with Gasteiger partial charge in [-0.25, -0.2) is 0 Å². The SMILES string of the molecule is CC[C@H](C(=O)NC(C)(C)C)N(Cc1ccc(OC)cc1)C(=O)CCCN1C(=O)c2ccccc2C1=O. The van der Waals surface area contributed by atoms with E-state index in [-0.39, 0.29) is 43.1 Å². The van der Waals surface area contributed by atoms with E-state index in [9.17, 15) is 19.2 Å². The van der Waals surface area contributed by atoms with Crippen molar-refractivity contribution < 1.29 is 23.9 Å². The molecule has 0 radical (unpaired) electrons. The van der Waals surface area contributed by atoms with Crippen LogP contribution in [0.2, 0.25) is 0 Å². The Morgan fingerprint density at radius 3 is 2.08 bits per heavy atom. The molecule has 3 rings (SSSR count). The lowest BCUT2D eigenvalue weighted by atomic mass is 10.0. The van der Waals surface area contributed by atoms with Crippen molar-refractivity contribution in [3.8, 4) is 5.75 Å². The molecule has 36 heavy (non-hydrogen) atoms. The first-order chi connectivity index (χ1) is 17.1. The Labute approximate surface area is 212 Å². The lowest BCUT2D eigenvalue weighted by Crippen LogP contribution is -2.53. The van der Waals surface area contributed by atoms with Crippen molar-refractivity contribution in [3.63, 3.8) is 0 Å². The third kappa shape index (κ3) is 6.30. The van der Waals surface area contributed by atoms with Crippen molar-refractivity contribution in [2.75, 3.05) is 13.7 Å². The normalized spacial score (nSPS) is 13.9. The minimum Gasteiger partial charge on any atom is -0.497 e. The van der Waals surface area contributed by atoms with Crippen LogP contribution in [-0.2, 0) is 16.1 Å². The topological polar surface area (TPSA) is 96.0 Å². The number of nitrogens with one attached hydrogen (secondary N) is 1. The molecule has 1 aliphatic heterocycles. The maximum absolute atomic E-state index is 13.4. The number of carbonyl (C=O) groups is 4. The van der Waals surface area contributed by atoms with Gasteiger partial charge in [-0.05, 0) is 63.4 Å². The van der Waals surface area contributed by atoms with E-state index in [0.717, 1.165) is 5.56 Å². The number of fused-ring (bicyclic) bond motifs is 1. The van der Waals surface area contributed by atoms with Crippen LogP contribution in [0.1, 0.15) is 73.2 Å². The first-order valence-corrected chi connectivity index (χ1v) is 12.3. The molecule has 192 valence electrons. The number of imide groups is 1. The summed E-state index contributed by atoms with van der Waals surface area (Å²) in [6, 6.07) is 13.4. The van der Waals surface area contributed by atoms with Gasteiger partial charge in [0.25, 0.3) is 11.8 Å². The lowest BCUT2D eigenvalue weighted by molar-refractivity contribution is -0.142. The molecule has 1 N–H and O–H groups in total. The molecule has 0 saturated heterocycles. The van der Waals surface area contributed by atoms with Crippen molar-refractivity contribution in [1.29, 1.82) is 0 Å². The van der Waals surface area contributed by atoms with E-state index in [1.165, 1.54) is 4.90 Å². The van der Waals surface area contributed by atoms with E-state index in [1.54, 1.807) is 36.3 Å². The van der Waals surface area contributed by atoms with E-state index in [4.69, 9.17) is 4.74 Å². The average Bonchev–Trinajstić information content (AvgIpc) is 3.08. The second-order valence-corrected chi connectivity index (χ2v) is 9.94. The van der Waals surface area contributed by atoms with Crippen molar-refractivity contribution in [1.82, 2.24) is 15.1 Å². The van der Waals surface area contributed by atoms with Crippen LogP contribution in [0.5, 0.6) is 5.75 Å². The summed E-state index contributed by atoms with van der Waals surface area (Å²) in [5.74, 6) is -0.399. The van der Waals surface area contributed by atoms with E-state index >= 15 is 0 Å². The average molecular weight is 494 g/mol. The van der Waals surface area contributed by atoms with Crippen LogP contribution >= 0.6 is 0 Å². The summed E-state index contributed by atoms with van der Waals surface area (Å²) in [7, 11) is 1.59. The smallest absolute Gasteiger partial charge is 0.261 e. The molecule has 0 bridgehead atoms. The third-order valence-corrected chi connectivity index (χ3v) is 6.05. The predicted molar refractivity (Wildman–Crippen MR) is 137 cm³/mol. The number of rotatable bonds is 10. The van der Waals surface area contributed by atoms with Crippen LogP contribution in [0.15, 0.2) is 48.5 Å². The fraction of sp³-hybridized carbons (Fsp3) is 0.429. The number of methoxy groups -OCH3 is 1. The first kappa shape index (κ1) is 26.9. The van der Waals surface area contributed by atoms with Crippen molar-refractivity contribution in [3.05, 3.63) is 65.2 Å². The summed E-state index contributed by atoms with van der Waals surface area (Å²) in [4.78, 5) is 54.6. The molecule has 2 aromatic rings. The molecule has 1 atom stereocenters. The highest BCUT2D eigenvalue weighted by Crippen LogP contribution is 2.23. The standard InChI is InChI=1S/C28H35N3O5/c1-6-23(25(33)29-28(2,3)4)31(18-19-13-15-20(36-5)16-14-19)24(32)12-9-17-30-26(34)21-10-7-8-11-22(21)27(30)35/h7-8,10-11,13-16,23H,6,9,12,17-18H2,1-5H3,(H,29,33)/t23-/m1/s1. The first-order valence-electron chi connectivity index (χ1n) is 12.3. The lowest BCUT2D eigenvalue weighted by Gasteiger charge is -2.33. The minimum atomic E-state index is -0.655. The Morgan fingerprint density at radius 1 is 1.00 bits per heavy atom. The van der Waals surface area contributed by atoms with E-state index in [1.807, 2.05) is 52.0 Å². The van der Waals surface area contributed by atoms with Crippen molar-refractivity contribution in [2.45, 2.75) is 65.1 Å². The molecule has 0 unspecified atom stereocenters. The molecule has 1 aliphatic rings. The van der Waals surface area contributed by atoms with Gasteiger partial charge in [-0.1, -0.05) is 31.2 Å². The summed E-state index contributed by atoms with van der Waals surface area (Å²) in [6.07, 6.45) is 0.853. The van der Waals surface area contributed by atoms with E-state index in [0.29, 0.717) is 29.7 Å². The monoisotopic (exact) mass is 493 g/mol. The molecule has 0 spiro atoms. The number of nitrogens with zero attached hydrogens (tertiary/aromatic N) is 2. The fourth-order valence-corrected chi connectivity index (χ4v) is 4.27. The number of hydrogen-bond acceptors (Lipinski definition) is 5. The van der Waals surface area contributed by atoms with Gasteiger partial charge < -0.3 is 15.0 Å². The van der Waals surface area contributed by atoms with Crippen LogP contribution in [0, 0.1) is 0 Å². The molecule has 0 aliphatic carbocycles. The Balaban J connectivity index is 1.73. The summed E-state index contributed by atoms with van der Waals surface area (Å²) in [5.41, 5.74) is 1.20. The van der Waals surface area contributed by atoms with Crippen LogP contribution in [0.4, 0.5) is 0 Å². The number of ether oxygens (including phenoxy) is 1. The maximum atomic E-state index is 13.4. The van der Waals surface area contributed by atoms with Gasteiger partial charge in [-0.3, -0.25) is 24.1 Å². The largest absolute Gasteiger partial charge is 0.497 e. The Hall–Kier alpha value is -3.68. The highest BCUT2D eigenvalue weighted by atomic mass is 16.5. The molecular weight excluding hydrogens is 458 g/mol. The van der Waals surface area contributed by atoms with Gasteiger partial charge in [0.15, 0.2) is 0 Å². The van der Waals surface area contributed by atoms with Crippen molar-refractivity contribution >= 4 is 23.6 Å². The molecule has 0 saturated carbocycles. The summed E-state index contributed by atoms with van der Waals surface area (Å²) in [5, 5.41) is 2.98. The number of hydrogen-bond donors (Lipinski definition) is 1. The number of amides is 4. The molecule has 4 amide bonds. The zero-order valence-corrected chi connectivity index (χ0v) is 21.7. The molecule has 1 heterocycles. The van der Waals surface area contributed by atoms with Gasteiger partial charge in [0.05, 0.1) is 18.2 Å². The maximum Gasteiger partial charge on any atom is 0.261 e. The summed E-state index contributed by atoms with van der Waals surface area (Å²) < 4.78 is 5.22.